The summed E-state index contributed by atoms with van der Waals surface area (Å²) in [5.74, 6) is 1.93. The molecule has 22 heavy (non-hydrogen) atoms. The minimum atomic E-state index is -0.545. The molecule has 2 heterocycles. The number of methoxy groups -OCH3 is 1. The fraction of sp³-hybridized carbons (Fsp3) is 0.562. The van der Waals surface area contributed by atoms with Crippen LogP contribution in [0.1, 0.15) is 19.8 Å². The molecule has 120 valence electrons. The van der Waals surface area contributed by atoms with Gasteiger partial charge in [-0.2, -0.15) is 0 Å². The second-order valence-corrected chi connectivity index (χ2v) is 5.56. The number of rotatable bonds is 4. The maximum atomic E-state index is 12.5. The SMILES string of the molecule is COC1CCCN(C(=O)C(C)Oc2ccc3c(c2)OCO3)C1. The molecule has 1 aromatic carbocycles. The molecule has 2 aliphatic rings. The largest absolute Gasteiger partial charge is 0.481 e. The number of hydrogen-bond acceptors (Lipinski definition) is 5. The van der Waals surface area contributed by atoms with E-state index in [0.717, 1.165) is 19.4 Å². The number of hydrogen-bond donors (Lipinski definition) is 0. The Bertz CT molecular complexity index is 547. The molecule has 3 rings (SSSR count). The van der Waals surface area contributed by atoms with Gasteiger partial charge in [0.1, 0.15) is 5.75 Å². The number of piperidine rings is 1. The van der Waals surface area contributed by atoms with Gasteiger partial charge in [-0.1, -0.05) is 0 Å². The van der Waals surface area contributed by atoms with Crippen LogP contribution in [0.3, 0.4) is 0 Å². The summed E-state index contributed by atoms with van der Waals surface area (Å²) in [5.41, 5.74) is 0. The van der Waals surface area contributed by atoms with E-state index in [9.17, 15) is 4.79 Å². The third-order valence-electron chi connectivity index (χ3n) is 4.03. The van der Waals surface area contributed by atoms with Crippen molar-refractivity contribution in [1.29, 1.82) is 0 Å². The first-order valence-electron chi connectivity index (χ1n) is 7.55. The number of fused-ring (bicyclic) bond motifs is 1. The molecule has 2 unspecified atom stereocenters. The molecule has 1 saturated heterocycles. The van der Waals surface area contributed by atoms with Gasteiger partial charge < -0.3 is 23.8 Å². The van der Waals surface area contributed by atoms with Gasteiger partial charge in [-0.15, -0.1) is 0 Å². The minimum Gasteiger partial charge on any atom is -0.481 e. The molecule has 1 aromatic rings. The number of carbonyl (C=O) groups is 1. The summed E-state index contributed by atoms with van der Waals surface area (Å²) in [5, 5.41) is 0. The van der Waals surface area contributed by atoms with Gasteiger partial charge >= 0.3 is 0 Å². The molecule has 1 amide bonds. The molecule has 0 aliphatic carbocycles. The maximum absolute atomic E-state index is 12.5. The zero-order valence-corrected chi connectivity index (χ0v) is 12.9. The van der Waals surface area contributed by atoms with Crippen LogP contribution in [-0.2, 0) is 9.53 Å². The van der Waals surface area contributed by atoms with Crippen LogP contribution in [0.4, 0.5) is 0 Å². The summed E-state index contributed by atoms with van der Waals surface area (Å²) in [6.07, 6.45) is 1.53. The topological polar surface area (TPSA) is 57.2 Å². The lowest BCUT2D eigenvalue weighted by atomic mass is 10.1. The fourth-order valence-corrected chi connectivity index (χ4v) is 2.79. The minimum absolute atomic E-state index is 0.0144. The van der Waals surface area contributed by atoms with Crippen molar-refractivity contribution in [3.8, 4) is 17.2 Å². The van der Waals surface area contributed by atoms with Crippen molar-refractivity contribution in [1.82, 2.24) is 4.90 Å². The molecule has 2 aliphatic heterocycles. The lowest BCUT2D eigenvalue weighted by Crippen LogP contribution is -2.47. The summed E-state index contributed by atoms with van der Waals surface area (Å²) in [7, 11) is 1.69. The van der Waals surface area contributed by atoms with Crippen LogP contribution in [0.25, 0.3) is 0 Å². The smallest absolute Gasteiger partial charge is 0.263 e. The van der Waals surface area contributed by atoms with E-state index in [-0.39, 0.29) is 18.8 Å². The van der Waals surface area contributed by atoms with E-state index in [4.69, 9.17) is 18.9 Å². The van der Waals surface area contributed by atoms with E-state index in [1.165, 1.54) is 0 Å². The zero-order valence-electron chi connectivity index (χ0n) is 12.9. The van der Waals surface area contributed by atoms with Crippen molar-refractivity contribution in [2.24, 2.45) is 0 Å². The summed E-state index contributed by atoms with van der Waals surface area (Å²) >= 11 is 0. The first-order chi connectivity index (χ1) is 10.7. The number of nitrogens with zero attached hydrogens (tertiary/aromatic N) is 1. The van der Waals surface area contributed by atoms with Crippen LogP contribution in [0.15, 0.2) is 18.2 Å². The molecule has 0 saturated carbocycles. The van der Waals surface area contributed by atoms with Crippen LogP contribution in [0.2, 0.25) is 0 Å². The van der Waals surface area contributed by atoms with Crippen molar-refractivity contribution in [3.63, 3.8) is 0 Å². The number of carbonyl (C=O) groups excluding carboxylic acids is 1. The Morgan fingerprint density at radius 1 is 1.36 bits per heavy atom. The molecule has 0 aromatic heterocycles. The van der Waals surface area contributed by atoms with Crippen LogP contribution in [-0.4, -0.2) is 50.0 Å². The van der Waals surface area contributed by atoms with E-state index < -0.39 is 6.10 Å². The van der Waals surface area contributed by atoms with Gasteiger partial charge in [0.15, 0.2) is 17.6 Å². The van der Waals surface area contributed by atoms with Crippen molar-refractivity contribution in [3.05, 3.63) is 18.2 Å². The van der Waals surface area contributed by atoms with E-state index >= 15 is 0 Å². The number of ether oxygens (including phenoxy) is 4. The number of likely N-dealkylation sites (tertiary alicyclic amines) is 1. The Hall–Kier alpha value is -1.95. The van der Waals surface area contributed by atoms with Crippen molar-refractivity contribution in [2.45, 2.75) is 32.0 Å². The van der Waals surface area contributed by atoms with Gasteiger partial charge in [-0.25, -0.2) is 0 Å². The zero-order chi connectivity index (χ0) is 15.5. The van der Waals surface area contributed by atoms with Gasteiger partial charge in [0.05, 0.1) is 6.10 Å². The second-order valence-electron chi connectivity index (χ2n) is 5.56. The molecule has 6 heteroatoms. The average molecular weight is 307 g/mol. The highest BCUT2D eigenvalue weighted by atomic mass is 16.7. The molecule has 1 fully saturated rings. The van der Waals surface area contributed by atoms with Crippen molar-refractivity contribution in [2.75, 3.05) is 27.0 Å². The number of amides is 1. The highest BCUT2D eigenvalue weighted by Crippen LogP contribution is 2.35. The molecule has 0 bridgehead atoms. The standard InChI is InChI=1S/C16H21NO5/c1-11(16(18)17-7-3-4-13(9-17)19-2)22-12-5-6-14-15(8-12)21-10-20-14/h5-6,8,11,13H,3-4,7,9-10H2,1-2H3. The van der Waals surface area contributed by atoms with E-state index in [1.54, 1.807) is 32.2 Å². The Balaban J connectivity index is 1.61. The second kappa shape index (κ2) is 6.44. The van der Waals surface area contributed by atoms with E-state index in [2.05, 4.69) is 0 Å². The third-order valence-corrected chi connectivity index (χ3v) is 4.03. The van der Waals surface area contributed by atoms with E-state index in [0.29, 0.717) is 23.8 Å². The predicted octanol–water partition coefficient (Wildman–Crippen LogP) is 1.82. The van der Waals surface area contributed by atoms with Crippen molar-refractivity contribution >= 4 is 5.91 Å². The van der Waals surface area contributed by atoms with E-state index in [1.807, 2.05) is 4.90 Å². The molecule has 0 radical (unpaired) electrons. The highest BCUT2D eigenvalue weighted by Gasteiger charge is 2.28. The highest BCUT2D eigenvalue weighted by molar-refractivity contribution is 5.81. The van der Waals surface area contributed by atoms with Crippen LogP contribution in [0, 0.1) is 0 Å². The van der Waals surface area contributed by atoms with Gasteiger partial charge in [0.25, 0.3) is 5.91 Å². The van der Waals surface area contributed by atoms with Gasteiger partial charge in [-0.05, 0) is 31.9 Å². The first-order valence-corrected chi connectivity index (χ1v) is 7.55. The molecule has 6 nitrogen and oxygen atoms in total. The summed E-state index contributed by atoms with van der Waals surface area (Å²) in [4.78, 5) is 14.3. The molecule has 0 N–H and O–H groups in total. The normalized spacial score (nSPS) is 21.5. The molecule has 0 spiro atoms. The molecular weight excluding hydrogens is 286 g/mol. The summed E-state index contributed by atoms with van der Waals surface area (Å²) in [6.45, 7) is 3.38. The maximum Gasteiger partial charge on any atom is 0.263 e. The summed E-state index contributed by atoms with van der Waals surface area (Å²) in [6, 6.07) is 5.32. The Labute approximate surface area is 129 Å². The van der Waals surface area contributed by atoms with Crippen LogP contribution in [0.5, 0.6) is 17.2 Å². The fourth-order valence-electron chi connectivity index (χ4n) is 2.79. The van der Waals surface area contributed by atoms with Crippen LogP contribution >= 0.6 is 0 Å². The Morgan fingerprint density at radius 2 is 2.18 bits per heavy atom. The summed E-state index contributed by atoms with van der Waals surface area (Å²) < 4.78 is 21.7. The Kier molecular flexibility index (Phi) is 4.38. The first kappa shape index (κ1) is 15.0. The van der Waals surface area contributed by atoms with Gasteiger partial charge in [-0.3, -0.25) is 4.79 Å². The third kappa shape index (κ3) is 3.11. The molecular formula is C16H21NO5. The van der Waals surface area contributed by atoms with Crippen molar-refractivity contribution < 1.29 is 23.7 Å². The van der Waals surface area contributed by atoms with Gasteiger partial charge in [0.2, 0.25) is 6.79 Å². The monoisotopic (exact) mass is 307 g/mol. The number of benzene rings is 1. The quantitative estimate of drug-likeness (QED) is 0.849. The average Bonchev–Trinajstić information content (AvgIpc) is 3.01. The lowest BCUT2D eigenvalue weighted by molar-refractivity contribution is -0.141. The molecule has 2 atom stereocenters. The van der Waals surface area contributed by atoms with Crippen LogP contribution < -0.4 is 14.2 Å². The Morgan fingerprint density at radius 3 is 3.00 bits per heavy atom. The lowest BCUT2D eigenvalue weighted by Gasteiger charge is -2.33. The predicted molar refractivity (Wildman–Crippen MR) is 79.3 cm³/mol. The van der Waals surface area contributed by atoms with Gasteiger partial charge in [0, 0.05) is 26.3 Å².